The highest BCUT2D eigenvalue weighted by atomic mass is 32.2. The lowest BCUT2D eigenvalue weighted by molar-refractivity contribution is 0.0473. The molecule has 3 N–H and O–H groups in total. The fourth-order valence-electron chi connectivity index (χ4n) is 2.21. The number of nitrogens with zero attached hydrogens (tertiary/aromatic N) is 1. The van der Waals surface area contributed by atoms with Crippen LogP contribution in [0.5, 0.6) is 0 Å². The molecule has 0 bridgehead atoms. The summed E-state index contributed by atoms with van der Waals surface area (Å²) in [5.41, 5.74) is 8.20. The lowest BCUT2D eigenvalue weighted by Crippen LogP contribution is -2.38. The van der Waals surface area contributed by atoms with E-state index in [-0.39, 0.29) is 12.1 Å². The van der Waals surface area contributed by atoms with Crippen molar-refractivity contribution in [3.63, 3.8) is 0 Å². The van der Waals surface area contributed by atoms with E-state index in [9.17, 15) is 0 Å². The molecule has 0 aromatic carbocycles. The normalized spacial score (nSPS) is 21.8. The van der Waals surface area contributed by atoms with Gasteiger partial charge < -0.3 is 15.8 Å². The summed E-state index contributed by atoms with van der Waals surface area (Å²) >= 11 is 1.94. The van der Waals surface area contributed by atoms with Gasteiger partial charge in [-0.3, -0.25) is 0 Å². The van der Waals surface area contributed by atoms with Crippen molar-refractivity contribution in [1.29, 1.82) is 0 Å². The van der Waals surface area contributed by atoms with Gasteiger partial charge in [-0.05, 0) is 25.1 Å². The van der Waals surface area contributed by atoms with Crippen LogP contribution in [-0.2, 0) is 4.74 Å². The van der Waals surface area contributed by atoms with E-state index in [0.29, 0.717) is 5.82 Å². The summed E-state index contributed by atoms with van der Waals surface area (Å²) in [7, 11) is 0. The van der Waals surface area contributed by atoms with E-state index >= 15 is 0 Å². The number of likely N-dealkylation sites (N-methyl/N-ethyl adjacent to an activating group) is 1. The maximum Gasteiger partial charge on any atom is 0.128 e. The highest BCUT2D eigenvalue weighted by Gasteiger charge is 2.27. The Bertz CT molecular complexity index is 394. The first-order chi connectivity index (χ1) is 8.72. The summed E-state index contributed by atoms with van der Waals surface area (Å²) in [6.45, 7) is 5.84. The van der Waals surface area contributed by atoms with Crippen LogP contribution in [-0.4, -0.2) is 35.7 Å². The Hall–Kier alpha value is -0.780. The molecule has 0 spiro atoms. The van der Waals surface area contributed by atoms with Crippen molar-refractivity contribution in [2.24, 2.45) is 0 Å². The van der Waals surface area contributed by atoms with Gasteiger partial charge in [-0.25, -0.2) is 4.98 Å². The molecule has 0 radical (unpaired) electrons. The van der Waals surface area contributed by atoms with Gasteiger partial charge in [-0.1, -0.05) is 6.92 Å². The average Bonchev–Trinajstić information content (AvgIpc) is 2.40. The molecule has 1 aromatic heterocycles. The number of pyridine rings is 1. The maximum atomic E-state index is 6.01. The average molecular weight is 267 g/mol. The number of nitrogen functional groups attached to an aromatic ring is 1. The molecule has 0 amide bonds. The zero-order valence-corrected chi connectivity index (χ0v) is 11.8. The van der Waals surface area contributed by atoms with Crippen molar-refractivity contribution in [1.82, 2.24) is 10.3 Å². The lowest BCUT2D eigenvalue weighted by atomic mass is 10.0. The van der Waals surface area contributed by atoms with Gasteiger partial charge in [0.15, 0.2) is 0 Å². The fraction of sp³-hybridized carbons (Fsp3) is 0.615. The molecule has 1 aliphatic rings. The van der Waals surface area contributed by atoms with E-state index in [1.807, 2.05) is 18.7 Å². The molecule has 100 valence electrons. The molecule has 2 unspecified atom stereocenters. The van der Waals surface area contributed by atoms with Gasteiger partial charge in [0.2, 0.25) is 0 Å². The fourth-order valence-corrected chi connectivity index (χ4v) is 3.11. The number of rotatable bonds is 4. The van der Waals surface area contributed by atoms with Crippen LogP contribution in [0.1, 0.15) is 24.1 Å². The second kappa shape index (κ2) is 6.41. The topological polar surface area (TPSA) is 60.2 Å². The summed E-state index contributed by atoms with van der Waals surface area (Å²) in [4.78, 5) is 4.25. The third-order valence-corrected chi connectivity index (χ3v) is 4.08. The third kappa shape index (κ3) is 3.16. The molecule has 0 aliphatic carbocycles. The molecule has 1 fully saturated rings. The van der Waals surface area contributed by atoms with Crippen molar-refractivity contribution in [3.8, 4) is 0 Å². The number of aromatic nitrogens is 1. The zero-order valence-electron chi connectivity index (χ0n) is 11.0. The predicted octanol–water partition coefficient (Wildman–Crippen LogP) is 1.75. The molecule has 18 heavy (non-hydrogen) atoms. The van der Waals surface area contributed by atoms with E-state index in [0.717, 1.165) is 35.8 Å². The summed E-state index contributed by atoms with van der Waals surface area (Å²) in [5, 5.41) is 3.48. The number of hydrogen-bond donors (Lipinski definition) is 2. The van der Waals surface area contributed by atoms with E-state index in [1.54, 1.807) is 6.20 Å². The van der Waals surface area contributed by atoms with Crippen molar-refractivity contribution >= 4 is 17.6 Å². The van der Waals surface area contributed by atoms with Crippen molar-refractivity contribution in [2.45, 2.75) is 26.0 Å². The Morgan fingerprint density at radius 3 is 3.17 bits per heavy atom. The van der Waals surface area contributed by atoms with E-state index in [1.165, 1.54) is 0 Å². The van der Waals surface area contributed by atoms with Crippen LogP contribution in [0.4, 0.5) is 5.82 Å². The number of hydrogen-bond acceptors (Lipinski definition) is 5. The number of ether oxygens (including phenoxy) is 1. The number of nitrogens with one attached hydrogen (secondary N) is 1. The minimum Gasteiger partial charge on any atom is -0.383 e. The van der Waals surface area contributed by atoms with E-state index < -0.39 is 0 Å². The molecule has 4 nitrogen and oxygen atoms in total. The van der Waals surface area contributed by atoms with Crippen molar-refractivity contribution in [3.05, 3.63) is 23.4 Å². The lowest BCUT2D eigenvalue weighted by Gasteiger charge is -2.31. The Morgan fingerprint density at radius 2 is 2.50 bits per heavy atom. The molecule has 1 aliphatic heterocycles. The van der Waals surface area contributed by atoms with Gasteiger partial charge >= 0.3 is 0 Å². The molecule has 1 aromatic rings. The minimum absolute atomic E-state index is 0.134. The maximum absolute atomic E-state index is 6.01. The van der Waals surface area contributed by atoms with Crippen LogP contribution in [0.15, 0.2) is 12.3 Å². The Morgan fingerprint density at radius 1 is 1.67 bits per heavy atom. The van der Waals surface area contributed by atoms with E-state index in [4.69, 9.17) is 10.5 Å². The molecule has 2 heterocycles. The minimum atomic E-state index is 0.134. The monoisotopic (exact) mass is 267 g/mol. The predicted molar refractivity (Wildman–Crippen MR) is 76.9 cm³/mol. The SMILES string of the molecule is CCNC(c1cc(C)cnc1N)C1CSCCO1. The van der Waals surface area contributed by atoms with Crippen LogP contribution in [0.3, 0.4) is 0 Å². The van der Waals surface area contributed by atoms with Gasteiger partial charge in [0.05, 0.1) is 18.8 Å². The van der Waals surface area contributed by atoms with E-state index in [2.05, 4.69) is 23.3 Å². The summed E-state index contributed by atoms with van der Waals surface area (Å²) < 4.78 is 5.88. The number of thioether (sulfide) groups is 1. The summed E-state index contributed by atoms with van der Waals surface area (Å²) in [5.74, 6) is 2.69. The van der Waals surface area contributed by atoms with Crippen LogP contribution >= 0.6 is 11.8 Å². The van der Waals surface area contributed by atoms with Gasteiger partial charge in [-0.2, -0.15) is 11.8 Å². The van der Waals surface area contributed by atoms with Gasteiger partial charge in [0.1, 0.15) is 5.82 Å². The quantitative estimate of drug-likeness (QED) is 0.870. The first-order valence-corrected chi connectivity index (χ1v) is 7.52. The van der Waals surface area contributed by atoms with Crippen LogP contribution in [0, 0.1) is 6.92 Å². The summed E-state index contributed by atoms with van der Waals surface area (Å²) in [6, 6.07) is 2.24. The Balaban J connectivity index is 2.24. The zero-order chi connectivity index (χ0) is 13.0. The largest absolute Gasteiger partial charge is 0.383 e. The molecule has 5 heteroatoms. The van der Waals surface area contributed by atoms with Gasteiger partial charge in [0, 0.05) is 23.3 Å². The molecule has 2 rings (SSSR count). The first-order valence-electron chi connectivity index (χ1n) is 6.37. The van der Waals surface area contributed by atoms with Crippen LogP contribution in [0.25, 0.3) is 0 Å². The third-order valence-electron chi connectivity index (χ3n) is 3.06. The highest BCUT2D eigenvalue weighted by molar-refractivity contribution is 7.99. The van der Waals surface area contributed by atoms with Crippen LogP contribution in [0.2, 0.25) is 0 Å². The molecule has 1 saturated heterocycles. The van der Waals surface area contributed by atoms with Crippen molar-refractivity contribution in [2.75, 3.05) is 30.4 Å². The number of aryl methyl sites for hydroxylation is 1. The van der Waals surface area contributed by atoms with Gasteiger partial charge in [-0.15, -0.1) is 0 Å². The standard InChI is InChI=1S/C13H21N3OS/c1-3-15-12(11-8-18-5-4-17-11)10-6-9(2)7-16-13(10)14/h6-7,11-12,15H,3-5,8H2,1-2H3,(H2,14,16). The second-order valence-corrected chi connectivity index (χ2v) is 5.66. The molecular weight excluding hydrogens is 246 g/mol. The first kappa shape index (κ1) is 13.6. The Kier molecular flexibility index (Phi) is 4.86. The number of nitrogens with two attached hydrogens (primary N) is 1. The van der Waals surface area contributed by atoms with Gasteiger partial charge in [0.25, 0.3) is 0 Å². The number of anilines is 1. The van der Waals surface area contributed by atoms with Crippen LogP contribution < -0.4 is 11.1 Å². The molecule has 2 atom stereocenters. The highest BCUT2D eigenvalue weighted by Crippen LogP contribution is 2.28. The second-order valence-electron chi connectivity index (χ2n) is 4.51. The molecular formula is C13H21N3OS. The summed E-state index contributed by atoms with van der Waals surface area (Å²) in [6.07, 6.45) is 1.98. The Labute approximate surface area is 113 Å². The smallest absolute Gasteiger partial charge is 0.128 e. The van der Waals surface area contributed by atoms with Crippen molar-refractivity contribution < 1.29 is 4.74 Å². The molecule has 0 saturated carbocycles.